The fourth-order valence-corrected chi connectivity index (χ4v) is 1.83. The van der Waals surface area contributed by atoms with Crippen molar-refractivity contribution in [2.45, 2.75) is 24.1 Å². The highest BCUT2D eigenvalue weighted by atomic mass is 32.2. The SMILES string of the molecule is Cc1nc(Sc2cncc(NN)n2)oc1C. The summed E-state index contributed by atoms with van der Waals surface area (Å²) in [5.74, 6) is 6.55. The number of nitrogens with zero attached hydrogens (tertiary/aromatic N) is 3. The van der Waals surface area contributed by atoms with Crippen LogP contribution in [0, 0.1) is 13.8 Å². The predicted molar refractivity (Wildman–Crippen MR) is 59.9 cm³/mol. The van der Waals surface area contributed by atoms with Crippen molar-refractivity contribution in [2.75, 3.05) is 5.43 Å². The largest absolute Gasteiger partial charge is 0.436 e. The number of nitrogens with one attached hydrogen (secondary N) is 1. The second kappa shape index (κ2) is 4.50. The van der Waals surface area contributed by atoms with E-state index in [9.17, 15) is 0 Å². The topological polar surface area (TPSA) is 89.9 Å². The lowest BCUT2D eigenvalue weighted by molar-refractivity contribution is 0.431. The Morgan fingerprint density at radius 1 is 1.31 bits per heavy atom. The molecule has 0 aliphatic heterocycles. The van der Waals surface area contributed by atoms with Crippen molar-refractivity contribution in [3.8, 4) is 0 Å². The van der Waals surface area contributed by atoms with E-state index in [0.29, 0.717) is 16.1 Å². The minimum atomic E-state index is 0.505. The van der Waals surface area contributed by atoms with Crippen LogP contribution in [0.2, 0.25) is 0 Å². The second-order valence-corrected chi connectivity index (χ2v) is 4.08. The molecule has 0 spiro atoms. The van der Waals surface area contributed by atoms with E-state index < -0.39 is 0 Å². The van der Waals surface area contributed by atoms with Crippen LogP contribution in [0.1, 0.15) is 11.5 Å². The van der Waals surface area contributed by atoms with Crippen LogP contribution in [0.4, 0.5) is 5.82 Å². The predicted octanol–water partition coefficient (Wildman–Crippen LogP) is 1.52. The number of anilines is 1. The highest BCUT2D eigenvalue weighted by Crippen LogP contribution is 2.26. The molecule has 0 atom stereocenters. The van der Waals surface area contributed by atoms with Crippen LogP contribution in [-0.2, 0) is 0 Å². The second-order valence-electron chi connectivity index (χ2n) is 3.11. The Labute approximate surface area is 96.7 Å². The lowest BCUT2D eigenvalue weighted by Crippen LogP contribution is -2.08. The molecule has 0 aliphatic rings. The Morgan fingerprint density at radius 2 is 2.12 bits per heavy atom. The molecule has 0 fully saturated rings. The lowest BCUT2D eigenvalue weighted by Gasteiger charge is -1.99. The molecule has 84 valence electrons. The molecule has 3 N–H and O–H groups in total. The molecule has 0 radical (unpaired) electrons. The van der Waals surface area contributed by atoms with E-state index in [0.717, 1.165) is 11.5 Å². The number of hydrogen-bond acceptors (Lipinski definition) is 7. The third kappa shape index (κ3) is 2.31. The molecular weight excluding hydrogens is 226 g/mol. The molecule has 0 unspecified atom stereocenters. The van der Waals surface area contributed by atoms with E-state index in [1.165, 1.54) is 18.0 Å². The Morgan fingerprint density at radius 3 is 2.75 bits per heavy atom. The molecular formula is C9H11N5OS. The first-order valence-electron chi connectivity index (χ1n) is 4.59. The molecule has 0 saturated heterocycles. The van der Waals surface area contributed by atoms with E-state index in [4.69, 9.17) is 10.3 Å². The summed E-state index contributed by atoms with van der Waals surface area (Å²) in [5.41, 5.74) is 3.31. The van der Waals surface area contributed by atoms with Gasteiger partial charge in [-0.15, -0.1) is 0 Å². The fourth-order valence-electron chi connectivity index (χ4n) is 1.04. The number of aryl methyl sites for hydroxylation is 2. The van der Waals surface area contributed by atoms with Gasteiger partial charge in [-0.3, -0.25) is 4.98 Å². The Kier molecular flexibility index (Phi) is 3.07. The molecule has 0 amide bonds. The highest BCUT2D eigenvalue weighted by Gasteiger charge is 2.08. The van der Waals surface area contributed by atoms with E-state index in [1.807, 2.05) is 13.8 Å². The molecule has 0 aliphatic carbocycles. The van der Waals surface area contributed by atoms with Crippen LogP contribution in [-0.4, -0.2) is 15.0 Å². The smallest absolute Gasteiger partial charge is 0.262 e. The zero-order valence-electron chi connectivity index (χ0n) is 8.89. The molecule has 6 nitrogen and oxygen atoms in total. The average molecular weight is 237 g/mol. The molecule has 7 heteroatoms. The molecule has 2 aromatic heterocycles. The van der Waals surface area contributed by atoms with E-state index in [2.05, 4.69) is 20.4 Å². The standard InChI is InChI=1S/C9H11N5OS/c1-5-6(2)15-9(12-5)16-8-4-11-3-7(13-8)14-10/h3-4H,10H2,1-2H3,(H,13,14). The van der Waals surface area contributed by atoms with Gasteiger partial charge in [-0.1, -0.05) is 0 Å². The third-order valence-electron chi connectivity index (χ3n) is 1.96. The van der Waals surface area contributed by atoms with Gasteiger partial charge in [0, 0.05) is 0 Å². The van der Waals surface area contributed by atoms with Crippen LogP contribution < -0.4 is 11.3 Å². The number of oxazole rings is 1. The highest BCUT2D eigenvalue weighted by molar-refractivity contribution is 7.99. The van der Waals surface area contributed by atoms with Gasteiger partial charge < -0.3 is 9.84 Å². The number of nitrogen functional groups attached to an aromatic ring is 1. The zero-order valence-corrected chi connectivity index (χ0v) is 9.71. The van der Waals surface area contributed by atoms with Crippen LogP contribution in [0.3, 0.4) is 0 Å². The van der Waals surface area contributed by atoms with Gasteiger partial charge in [-0.2, -0.15) is 0 Å². The minimum Gasteiger partial charge on any atom is -0.436 e. The molecule has 2 heterocycles. The van der Waals surface area contributed by atoms with Crippen molar-refractivity contribution >= 4 is 17.6 Å². The van der Waals surface area contributed by atoms with Gasteiger partial charge in [-0.25, -0.2) is 15.8 Å². The molecule has 0 saturated carbocycles. The summed E-state index contributed by atoms with van der Waals surface area (Å²) in [6.45, 7) is 3.77. The Bertz CT molecular complexity index is 479. The van der Waals surface area contributed by atoms with Gasteiger partial charge >= 0.3 is 0 Å². The van der Waals surface area contributed by atoms with Crippen molar-refractivity contribution in [2.24, 2.45) is 5.84 Å². The van der Waals surface area contributed by atoms with Gasteiger partial charge in [0.2, 0.25) is 0 Å². The number of rotatable bonds is 3. The molecule has 0 bridgehead atoms. The number of hydrazine groups is 1. The van der Waals surface area contributed by atoms with Gasteiger partial charge in [0.1, 0.15) is 10.8 Å². The third-order valence-corrected chi connectivity index (χ3v) is 2.72. The first-order valence-corrected chi connectivity index (χ1v) is 5.41. The van der Waals surface area contributed by atoms with E-state index in [1.54, 1.807) is 6.20 Å². The fraction of sp³-hybridized carbons (Fsp3) is 0.222. The van der Waals surface area contributed by atoms with Gasteiger partial charge in [0.05, 0.1) is 18.1 Å². The van der Waals surface area contributed by atoms with Crippen molar-refractivity contribution in [1.82, 2.24) is 15.0 Å². The zero-order chi connectivity index (χ0) is 11.5. The van der Waals surface area contributed by atoms with Crippen LogP contribution >= 0.6 is 11.8 Å². The molecule has 16 heavy (non-hydrogen) atoms. The van der Waals surface area contributed by atoms with Crippen molar-refractivity contribution in [1.29, 1.82) is 0 Å². The number of hydrogen-bond donors (Lipinski definition) is 2. The summed E-state index contributed by atoms with van der Waals surface area (Å²) < 4.78 is 5.42. The maximum Gasteiger partial charge on any atom is 0.262 e. The maximum atomic E-state index is 5.42. The van der Waals surface area contributed by atoms with Crippen molar-refractivity contribution in [3.63, 3.8) is 0 Å². The van der Waals surface area contributed by atoms with Crippen molar-refractivity contribution in [3.05, 3.63) is 23.8 Å². The quantitative estimate of drug-likeness (QED) is 0.617. The van der Waals surface area contributed by atoms with E-state index >= 15 is 0 Å². The minimum absolute atomic E-state index is 0.505. The van der Waals surface area contributed by atoms with E-state index in [-0.39, 0.29) is 0 Å². The molecule has 2 aromatic rings. The van der Waals surface area contributed by atoms with Gasteiger partial charge in [0.15, 0.2) is 5.82 Å². The van der Waals surface area contributed by atoms with Crippen molar-refractivity contribution < 1.29 is 4.42 Å². The summed E-state index contributed by atoms with van der Waals surface area (Å²) in [6.07, 6.45) is 3.16. The van der Waals surface area contributed by atoms with Gasteiger partial charge in [-0.05, 0) is 25.6 Å². The first kappa shape index (κ1) is 10.9. The van der Waals surface area contributed by atoms with Gasteiger partial charge in [0.25, 0.3) is 5.22 Å². The summed E-state index contributed by atoms with van der Waals surface area (Å²) in [4.78, 5) is 12.4. The summed E-state index contributed by atoms with van der Waals surface area (Å²) >= 11 is 1.31. The summed E-state index contributed by atoms with van der Waals surface area (Å²) in [6, 6.07) is 0. The van der Waals surface area contributed by atoms with Crippen LogP contribution in [0.15, 0.2) is 27.1 Å². The Hall–Kier alpha value is -1.60. The lowest BCUT2D eigenvalue weighted by atomic mass is 10.4. The van der Waals surface area contributed by atoms with Crippen LogP contribution in [0.5, 0.6) is 0 Å². The normalized spacial score (nSPS) is 10.4. The molecule has 2 rings (SSSR count). The van der Waals surface area contributed by atoms with Crippen LogP contribution in [0.25, 0.3) is 0 Å². The summed E-state index contributed by atoms with van der Waals surface area (Å²) in [7, 11) is 0. The Balaban J connectivity index is 2.20. The maximum absolute atomic E-state index is 5.42. The first-order chi connectivity index (χ1) is 7.69. The number of nitrogens with two attached hydrogens (primary N) is 1. The summed E-state index contributed by atoms with van der Waals surface area (Å²) in [5, 5.41) is 1.23. The number of aromatic nitrogens is 3. The average Bonchev–Trinajstić information content (AvgIpc) is 2.58. The monoisotopic (exact) mass is 237 g/mol. The molecule has 0 aromatic carbocycles.